The second-order valence-corrected chi connectivity index (χ2v) is 4.93. The van der Waals surface area contributed by atoms with Crippen LogP contribution >= 0.6 is 0 Å². The third-order valence-corrected chi connectivity index (χ3v) is 3.57. The van der Waals surface area contributed by atoms with Gasteiger partial charge in [-0.05, 0) is 12.5 Å². The number of benzene rings is 1. The molecule has 1 aromatic carbocycles. The molecule has 1 N–H and O–H groups in total. The van der Waals surface area contributed by atoms with Crippen molar-refractivity contribution in [2.75, 3.05) is 12.4 Å². The van der Waals surface area contributed by atoms with Crippen LogP contribution < -0.4 is 5.32 Å². The van der Waals surface area contributed by atoms with Crippen molar-refractivity contribution in [1.82, 2.24) is 15.0 Å². The average Bonchev–Trinajstić information content (AvgIpc) is 2.55. The number of aromatic nitrogens is 3. The second-order valence-electron chi connectivity index (χ2n) is 4.93. The van der Waals surface area contributed by atoms with E-state index in [0.717, 1.165) is 46.4 Å². The molecule has 0 amide bonds. The minimum Gasteiger partial charge on any atom is -0.373 e. The molecule has 4 heteroatoms. The third-order valence-electron chi connectivity index (χ3n) is 3.57. The highest BCUT2D eigenvalue weighted by molar-refractivity contribution is 5.93. The number of anilines is 1. The van der Waals surface area contributed by atoms with E-state index in [0.29, 0.717) is 0 Å². The number of nitrogens with zero attached hydrogens (tertiary/aromatic N) is 3. The molecule has 3 rings (SSSR count). The summed E-state index contributed by atoms with van der Waals surface area (Å²) in [6, 6.07) is 10.2. The number of hydrogen-bond donors (Lipinski definition) is 1. The van der Waals surface area contributed by atoms with Crippen LogP contribution in [-0.2, 0) is 6.42 Å². The van der Waals surface area contributed by atoms with E-state index in [9.17, 15) is 0 Å². The first kappa shape index (κ1) is 13.5. The largest absolute Gasteiger partial charge is 0.373 e. The van der Waals surface area contributed by atoms with Crippen molar-refractivity contribution in [2.24, 2.45) is 0 Å². The second kappa shape index (κ2) is 5.87. The van der Waals surface area contributed by atoms with Crippen LogP contribution in [0.15, 0.2) is 42.9 Å². The van der Waals surface area contributed by atoms with E-state index in [1.165, 1.54) is 0 Å². The van der Waals surface area contributed by atoms with E-state index in [4.69, 9.17) is 0 Å². The summed E-state index contributed by atoms with van der Waals surface area (Å²) < 4.78 is 0. The predicted octanol–water partition coefficient (Wildman–Crippen LogP) is 3.69. The van der Waals surface area contributed by atoms with Crippen molar-refractivity contribution in [3.63, 3.8) is 0 Å². The molecule has 106 valence electrons. The zero-order valence-electron chi connectivity index (χ0n) is 12.3. The van der Waals surface area contributed by atoms with Gasteiger partial charge in [0, 0.05) is 29.8 Å². The maximum atomic E-state index is 4.54. The summed E-state index contributed by atoms with van der Waals surface area (Å²) in [5.41, 5.74) is 4.18. The number of rotatable bonds is 4. The molecule has 0 radical (unpaired) electrons. The first-order chi connectivity index (χ1) is 10.3. The number of para-hydroxylation sites is 1. The zero-order chi connectivity index (χ0) is 14.7. The molecule has 2 aromatic heterocycles. The van der Waals surface area contributed by atoms with Crippen LogP contribution in [-0.4, -0.2) is 22.0 Å². The van der Waals surface area contributed by atoms with E-state index >= 15 is 0 Å². The molecule has 0 aliphatic carbocycles. The van der Waals surface area contributed by atoms with Gasteiger partial charge in [0.15, 0.2) is 0 Å². The Hall–Kier alpha value is -2.49. The van der Waals surface area contributed by atoms with E-state index in [2.05, 4.69) is 51.5 Å². The van der Waals surface area contributed by atoms with Gasteiger partial charge in [-0.25, -0.2) is 9.97 Å². The number of nitrogens with one attached hydrogen (secondary N) is 1. The van der Waals surface area contributed by atoms with Crippen molar-refractivity contribution in [3.05, 3.63) is 48.4 Å². The highest BCUT2D eigenvalue weighted by atomic mass is 15.0. The average molecular weight is 278 g/mol. The van der Waals surface area contributed by atoms with Crippen molar-refractivity contribution >= 4 is 16.7 Å². The highest BCUT2D eigenvalue weighted by Gasteiger charge is 2.14. The molecule has 0 aliphatic heterocycles. The van der Waals surface area contributed by atoms with Gasteiger partial charge in [0.2, 0.25) is 0 Å². The van der Waals surface area contributed by atoms with Crippen LogP contribution in [0.5, 0.6) is 0 Å². The smallest absolute Gasteiger partial charge is 0.132 e. The fourth-order valence-electron chi connectivity index (χ4n) is 2.64. The molecule has 3 aromatic rings. The Labute approximate surface area is 124 Å². The lowest BCUT2D eigenvalue weighted by Gasteiger charge is -2.13. The Morgan fingerprint density at radius 1 is 1.05 bits per heavy atom. The Balaban J connectivity index is 2.28. The number of pyridine rings is 1. The van der Waals surface area contributed by atoms with Crippen molar-refractivity contribution < 1.29 is 0 Å². The normalized spacial score (nSPS) is 10.8. The van der Waals surface area contributed by atoms with Gasteiger partial charge >= 0.3 is 0 Å². The fraction of sp³-hybridized carbons (Fsp3) is 0.235. The summed E-state index contributed by atoms with van der Waals surface area (Å²) in [5, 5.41) is 4.29. The van der Waals surface area contributed by atoms with Gasteiger partial charge < -0.3 is 5.32 Å². The van der Waals surface area contributed by atoms with E-state index < -0.39 is 0 Å². The molecule has 0 bridgehead atoms. The van der Waals surface area contributed by atoms with Gasteiger partial charge in [-0.15, -0.1) is 0 Å². The minimum absolute atomic E-state index is 0.898. The molecule has 4 nitrogen and oxygen atoms in total. The van der Waals surface area contributed by atoms with Gasteiger partial charge in [-0.2, -0.15) is 0 Å². The summed E-state index contributed by atoms with van der Waals surface area (Å²) in [4.78, 5) is 13.4. The Morgan fingerprint density at radius 2 is 1.90 bits per heavy atom. The molecular weight excluding hydrogens is 260 g/mol. The Bertz CT molecular complexity index is 762. The van der Waals surface area contributed by atoms with Crippen LogP contribution in [0.4, 0.5) is 5.82 Å². The molecule has 0 aliphatic rings. The SMILES string of the molecule is CCCc1c(NC)ncnc1-c1cccc2cccnc12. The van der Waals surface area contributed by atoms with Crippen molar-refractivity contribution in [1.29, 1.82) is 0 Å². The van der Waals surface area contributed by atoms with Gasteiger partial charge in [0.1, 0.15) is 12.1 Å². The lowest BCUT2D eigenvalue weighted by Crippen LogP contribution is -2.03. The first-order valence-corrected chi connectivity index (χ1v) is 7.21. The molecule has 0 unspecified atom stereocenters. The maximum Gasteiger partial charge on any atom is 0.132 e. The highest BCUT2D eigenvalue weighted by Crippen LogP contribution is 2.31. The Morgan fingerprint density at radius 3 is 2.71 bits per heavy atom. The first-order valence-electron chi connectivity index (χ1n) is 7.21. The summed E-state index contributed by atoms with van der Waals surface area (Å²) in [5.74, 6) is 0.898. The quantitative estimate of drug-likeness (QED) is 0.791. The van der Waals surface area contributed by atoms with Gasteiger partial charge in [-0.3, -0.25) is 4.98 Å². The lowest BCUT2D eigenvalue weighted by molar-refractivity contribution is 0.906. The summed E-state index contributed by atoms with van der Waals surface area (Å²) in [7, 11) is 1.90. The van der Waals surface area contributed by atoms with Gasteiger partial charge in [0.05, 0.1) is 11.2 Å². The monoisotopic (exact) mass is 278 g/mol. The number of hydrogen-bond acceptors (Lipinski definition) is 4. The summed E-state index contributed by atoms with van der Waals surface area (Å²) in [6.07, 6.45) is 5.43. The zero-order valence-corrected chi connectivity index (χ0v) is 12.3. The fourth-order valence-corrected chi connectivity index (χ4v) is 2.64. The summed E-state index contributed by atoms with van der Waals surface area (Å²) >= 11 is 0. The lowest BCUT2D eigenvalue weighted by atomic mass is 10.00. The molecule has 0 saturated heterocycles. The van der Waals surface area contributed by atoms with Crippen molar-refractivity contribution in [3.8, 4) is 11.3 Å². The predicted molar refractivity (Wildman–Crippen MR) is 86.3 cm³/mol. The third kappa shape index (κ3) is 2.44. The topological polar surface area (TPSA) is 50.7 Å². The molecular formula is C17H18N4. The number of fused-ring (bicyclic) bond motifs is 1. The van der Waals surface area contributed by atoms with Crippen LogP contribution in [0.3, 0.4) is 0 Å². The molecule has 0 atom stereocenters. The van der Waals surface area contributed by atoms with Gasteiger partial charge in [0.25, 0.3) is 0 Å². The van der Waals surface area contributed by atoms with Crippen LogP contribution in [0.25, 0.3) is 22.2 Å². The van der Waals surface area contributed by atoms with Gasteiger partial charge in [-0.1, -0.05) is 37.6 Å². The molecule has 0 spiro atoms. The molecule has 0 saturated carbocycles. The minimum atomic E-state index is 0.898. The molecule has 2 heterocycles. The maximum absolute atomic E-state index is 4.54. The van der Waals surface area contributed by atoms with E-state index in [1.807, 2.05) is 19.3 Å². The van der Waals surface area contributed by atoms with E-state index in [1.54, 1.807) is 6.33 Å². The molecule has 21 heavy (non-hydrogen) atoms. The van der Waals surface area contributed by atoms with Crippen LogP contribution in [0.1, 0.15) is 18.9 Å². The van der Waals surface area contributed by atoms with E-state index in [-0.39, 0.29) is 0 Å². The van der Waals surface area contributed by atoms with Crippen LogP contribution in [0.2, 0.25) is 0 Å². The van der Waals surface area contributed by atoms with Crippen LogP contribution in [0, 0.1) is 0 Å². The standard InChI is InChI=1S/C17H18N4/c1-3-6-14-16(20-11-21-17(14)18-2)13-9-4-7-12-8-5-10-19-15(12)13/h4-5,7-11H,3,6H2,1-2H3,(H,18,20,21). The van der Waals surface area contributed by atoms with Crippen molar-refractivity contribution in [2.45, 2.75) is 19.8 Å². The summed E-state index contributed by atoms with van der Waals surface area (Å²) in [6.45, 7) is 2.16. The Kier molecular flexibility index (Phi) is 3.77. The molecule has 0 fully saturated rings.